The molecule has 1 N–H and O–H groups in total. The topological polar surface area (TPSA) is 107 Å². The van der Waals surface area contributed by atoms with Crippen LogP contribution in [0.4, 0.5) is 9.18 Å². The summed E-state index contributed by atoms with van der Waals surface area (Å²) in [5, 5.41) is 2.83. The van der Waals surface area contributed by atoms with Crippen molar-refractivity contribution in [2.24, 2.45) is 0 Å². The van der Waals surface area contributed by atoms with Gasteiger partial charge in [0.2, 0.25) is 15.9 Å². The first-order valence-corrected chi connectivity index (χ1v) is 12.8. The average Bonchev–Trinajstić information content (AvgIpc) is 3.22. The lowest BCUT2D eigenvalue weighted by molar-refractivity contribution is -0.133. The Labute approximate surface area is 192 Å². The van der Waals surface area contributed by atoms with Crippen molar-refractivity contribution in [2.45, 2.75) is 55.4 Å². The SMILES string of the molecule is O=C(CCCN1C(=O)NC2(CCCC2)C1=O)N1CCCN(S(=O)(=O)c2ccc(F)cc2)CC1. The van der Waals surface area contributed by atoms with E-state index in [4.69, 9.17) is 0 Å². The number of sulfonamides is 1. The molecule has 3 fully saturated rings. The summed E-state index contributed by atoms with van der Waals surface area (Å²) < 4.78 is 40.1. The Morgan fingerprint density at radius 3 is 2.39 bits per heavy atom. The van der Waals surface area contributed by atoms with Crippen LogP contribution in [0.1, 0.15) is 44.9 Å². The Kier molecular flexibility index (Phi) is 6.71. The van der Waals surface area contributed by atoms with Crippen LogP contribution in [0.3, 0.4) is 0 Å². The molecule has 4 amide bonds. The van der Waals surface area contributed by atoms with Crippen LogP contribution >= 0.6 is 0 Å². The second-order valence-electron chi connectivity index (χ2n) is 8.87. The third-order valence-corrected chi connectivity index (χ3v) is 8.65. The summed E-state index contributed by atoms with van der Waals surface area (Å²) in [7, 11) is -3.76. The molecular weight excluding hydrogens is 451 g/mol. The highest BCUT2D eigenvalue weighted by Gasteiger charge is 2.52. The molecule has 9 nitrogen and oxygen atoms in total. The average molecular weight is 481 g/mol. The Morgan fingerprint density at radius 1 is 1.00 bits per heavy atom. The molecule has 0 unspecified atom stereocenters. The second kappa shape index (κ2) is 9.38. The fourth-order valence-electron chi connectivity index (χ4n) is 4.88. The molecule has 0 bridgehead atoms. The number of rotatable bonds is 6. The Balaban J connectivity index is 1.28. The number of amides is 4. The molecule has 1 aliphatic carbocycles. The maximum absolute atomic E-state index is 13.1. The number of hydrogen-bond acceptors (Lipinski definition) is 5. The summed E-state index contributed by atoms with van der Waals surface area (Å²) >= 11 is 0. The summed E-state index contributed by atoms with van der Waals surface area (Å²) in [6.07, 6.45) is 4.19. The van der Waals surface area contributed by atoms with Crippen molar-refractivity contribution in [1.82, 2.24) is 19.4 Å². The minimum Gasteiger partial charge on any atom is -0.341 e. The van der Waals surface area contributed by atoms with Crippen LogP contribution in [0.25, 0.3) is 0 Å². The van der Waals surface area contributed by atoms with Crippen LogP contribution in [0.2, 0.25) is 0 Å². The van der Waals surface area contributed by atoms with Gasteiger partial charge in [-0.25, -0.2) is 17.6 Å². The van der Waals surface area contributed by atoms with Crippen LogP contribution in [-0.2, 0) is 19.6 Å². The first-order valence-electron chi connectivity index (χ1n) is 11.4. The summed E-state index contributed by atoms with van der Waals surface area (Å²) in [6, 6.07) is 4.32. The van der Waals surface area contributed by atoms with E-state index in [0.717, 1.165) is 25.0 Å². The molecule has 2 heterocycles. The van der Waals surface area contributed by atoms with Gasteiger partial charge in [-0.1, -0.05) is 12.8 Å². The maximum atomic E-state index is 13.1. The number of benzene rings is 1. The van der Waals surface area contributed by atoms with Crippen molar-refractivity contribution in [2.75, 3.05) is 32.7 Å². The molecule has 3 aliphatic rings. The third kappa shape index (κ3) is 4.74. The predicted molar refractivity (Wildman–Crippen MR) is 117 cm³/mol. The maximum Gasteiger partial charge on any atom is 0.325 e. The lowest BCUT2D eigenvalue weighted by Crippen LogP contribution is -2.44. The minimum atomic E-state index is -3.76. The number of urea groups is 1. The van der Waals surface area contributed by atoms with Crippen molar-refractivity contribution in [1.29, 1.82) is 0 Å². The highest BCUT2D eigenvalue weighted by molar-refractivity contribution is 7.89. The van der Waals surface area contributed by atoms with Gasteiger partial charge in [-0.15, -0.1) is 0 Å². The van der Waals surface area contributed by atoms with Gasteiger partial charge in [-0.3, -0.25) is 14.5 Å². The molecule has 1 aromatic rings. The van der Waals surface area contributed by atoms with Crippen molar-refractivity contribution in [3.05, 3.63) is 30.1 Å². The largest absolute Gasteiger partial charge is 0.341 e. The number of nitrogens with zero attached hydrogens (tertiary/aromatic N) is 3. The normalized spacial score (nSPS) is 21.5. The number of imide groups is 1. The first kappa shape index (κ1) is 23.6. The quantitative estimate of drug-likeness (QED) is 0.624. The first-order chi connectivity index (χ1) is 15.7. The van der Waals surface area contributed by atoms with E-state index in [1.54, 1.807) is 4.90 Å². The van der Waals surface area contributed by atoms with Crippen LogP contribution in [-0.4, -0.2) is 78.6 Å². The smallest absolute Gasteiger partial charge is 0.325 e. The van der Waals surface area contributed by atoms with Gasteiger partial charge in [-0.05, 0) is 49.9 Å². The molecule has 1 spiro atoms. The third-order valence-electron chi connectivity index (χ3n) is 6.73. The molecule has 4 rings (SSSR count). The summed E-state index contributed by atoms with van der Waals surface area (Å²) in [6.45, 7) is 1.30. The Morgan fingerprint density at radius 2 is 1.70 bits per heavy atom. The fraction of sp³-hybridized carbons (Fsp3) is 0.591. The van der Waals surface area contributed by atoms with Crippen LogP contribution in [0, 0.1) is 5.82 Å². The van der Waals surface area contributed by atoms with Crippen molar-refractivity contribution < 1.29 is 27.2 Å². The van der Waals surface area contributed by atoms with Gasteiger partial charge in [0, 0.05) is 39.1 Å². The lowest BCUT2D eigenvalue weighted by Gasteiger charge is -2.22. The highest BCUT2D eigenvalue weighted by atomic mass is 32.2. The van der Waals surface area contributed by atoms with Gasteiger partial charge < -0.3 is 10.2 Å². The van der Waals surface area contributed by atoms with Gasteiger partial charge in [0.05, 0.1) is 4.90 Å². The fourth-order valence-corrected chi connectivity index (χ4v) is 6.35. The van der Waals surface area contributed by atoms with Crippen molar-refractivity contribution in [3.63, 3.8) is 0 Å². The standard InChI is InChI=1S/C22H29FN4O5S/c23-17-6-8-18(9-7-17)33(31,32)26-13-4-12-25(15-16-26)19(28)5-3-14-27-20(29)22(24-21(27)30)10-1-2-11-22/h6-9H,1-5,10-16H2,(H,24,30). The van der Waals surface area contributed by atoms with E-state index in [0.29, 0.717) is 32.2 Å². The lowest BCUT2D eigenvalue weighted by atomic mass is 9.98. The Bertz CT molecular complexity index is 1020. The van der Waals surface area contributed by atoms with Crippen LogP contribution in [0.5, 0.6) is 0 Å². The zero-order valence-electron chi connectivity index (χ0n) is 18.5. The van der Waals surface area contributed by atoms with Gasteiger partial charge in [0.1, 0.15) is 11.4 Å². The molecule has 0 radical (unpaired) electrons. The molecule has 11 heteroatoms. The van der Waals surface area contributed by atoms with Gasteiger partial charge in [-0.2, -0.15) is 4.31 Å². The molecule has 0 aromatic heterocycles. The number of carbonyl (C=O) groups excluding carboxylic acids is 3. The molecule has 1 aromatic carbocycles. The molecule has 33 heavy (non-hydrogen) atoms. The van der Waals surface area contributed by atoms with E-state index in [1.807, 2.05) is 0 Å². The van der Waals surface area contributed by atoms with Crippen LogP contribution < -0.4 is 5.32 Å². The molecule has 1 saturated carbocycles. The summed E-state index contributed by atoms with van der Waals surface area (Å²) in [5.74, 6) is -0.819. The molecule has 180 valence electrons. The number of hydrogen-bond donors (Lipinski definition) is 1. The van der Waals surface area contributed by atoms with E-state index in [9.17, 15) is 27.2 Å². The Hall–Kier alpha value is -2.53. The van der Waals surface area contributed by atoms with Crippen molar-refractivity contribution in [3.8, 4) is 0 Å². The van der Waals surface area contributed by atoms with Crippen LogP contribution in [0.15, 0.2) is 29.2 Å². The predicted octanol–water partition coefficient (Wildman–Crippen LogP) is 1.69. The van der Waals surface area contributed by atoms with E-state index in [1.165, 1.54) is 21.3 Å². The van der Waals surface area contributed by atoms with Gasteiger partial charge in [0.25, 0.3) is 5.91 Å². The monoisotopic (exact) mass is 480 g/mol. The second-order valence-corrected chi connectivity index (χ2v) is 10.8. The number of nitrogens with one attached hydrogen (secondary N) is 1. The summed E-state index contributed by atoms with van der Waals surface area (Å²) in [5.41, 5.74) is -0.745. The van der Waals surface area contributed by atoms with Gasteiger partial charge in [0.15, 0.2) is 0 Å². The molecule has 2 saturated heterocycles. The van der Waals surface area contributed by atoms with Gasteiger partial charge >= 0.3 is 6.03 Å². The van der Waals surface area contributed by atoms with E-state index in [-0.39, 0.29) is 55.3 Å². The summed E-state index contributed by atoms with van der Waals surface area (Å²) in [4.78, 5) is 40.5. The highest BCUT2D eigenvalue weighted by Crippen LogP contribution is 2.35. The minimum absolute atomic E-state index is 0.0252. The van der Waals surface area contributed by atoms with E-state index in [2.05, 4.69) is 5.32 Å². The molecule has 0 atom stereocenters. The number of halogens is 1. The zero-order chi connectivity index (χ0) is 23.6. The molecular formula is C22H29FN4O5S. The van der Waals surface area contributed by atoms with E-state index >= 15 is 0 Å². The van der Waals surface area contributed by atoms with E-state index < -0.39 is 21.4 Å². The van der Waals surface area contributed by atoms with Crippen molar-refractivity contribution >= 4 is 27.9 Å². The zero-order valence-corrected chi connectivity index (χ0v) is 19.3. The molecule has 2 aliphatic heterocycles. The number of carbonyl (C=O) groups is 3.